The van der Waals surface area contributed by atoms with Gasteiger partial charge < -0.3 is 5.32 Å². The van der Waals surface area contributed by atoms with Crippen LogP contribution in [-0.2, 0) is 0 Å². The van der Waals surface area contributed by atoms with E-state index in [1.54, 1.807) is 12.3 Å². The Morgan fingerprint density at radius 3 is 2.71 bits per heavy atom. The molecular weight excluding hydrogens is 280 g/mol. The van der Waals surface area contributed by atoms with Crippen molar-refractivity contribution >= 4 is 27.5 Å². The first kappa shape index (κ1) is 11.8. The lowest BCUT2D eigenvalue weighted by atomic mass is 10.2. The van der Waals surface area contributed by atoms with Gasteiger partial charge in [0.1, 0.15) is 0 Å². The molecule has 0 fully saturated rings. The van der Waals surface area contributed by atoms with E-state index in [0.29, 0.717) is 11.3 Å². The molecular formula is C13H11BrN2O. The second-order valence-electron chi connectivity index (χ2n) is 3.61. The first-order valence-electron chi connectivity index (χ1n) is 5.15. The number of carbonyl (C=O) groups excluding carboxylic acids is 1. The van der Waals surface area contributed by atoms with E-state index in [0.717, 1.165) is 10.2 Å². The first-order valence-corrected chi connectivity index (χ1v) is 5.94. The monoisotopic (exact) mass is 290 g/mol. The summed E-state index contributed by atoms with van der Waals surface area (Å²) in [5.41, 5.74) is 2.06. The number of aromatic nitrogens is 1. The number of pyridine rings is 1. The maximum absolute atomic E-state index is 12.0. The molecule has 1 aromatic carbocycles. The van der Waals surface area contributed by atoms with Gasteiger partial charge in [0.15, 0.2) is 0 Å². The van der Waals surface area contributed by atoms with Crippen molar-refractivity contribution in [3.63, 3.8) is 0 Å². The number of hydrogen-bond acceptors (Lipinski definition) is 2. The zero-order valence-corrected chi connectivity index (χ0v) is 10.9. The molecule has 1 aromatic heterocycles. The van der Waals surface area contributed by atoms with Crippen LogP contribution in [-0.4, -0.2) is 10.9 Å². The summed E-state index contributed by atoms with van der Waals surface area (Å²) in [5, 5.41) is 2.83. The molecule has 0 saturated carbocycles. The molecule has 1 amide bonds. The third kappa shape index (κ3) is 2.91. The topological polar surface area (TPSA) is 42.0 Å². The molecule has 3 nitrogen and oxygen atoms in total. The van der Waals surface area contributed by atoms with Crippen molar-refractivity contribution in [1.29, 1.82) is 0 Å². The standard InChI is InChI=1S/C13H11BrN2O/c1-9-12(7-10(14)8-15-9)13(17)16-11-5-3-2-4-6-11/h2-8H,1H3,(H,16,17). The Labute approximate surface area is 108 Å². The predicted octanol–water partition coefficient (Wildman–Crippen LogP) is 3.40. The molecule has 2 rings (SSSR count). The summed E-state index contributed by atoms with van der Waals surface area (Å²) >= 11 is 3.31. The van der Waals surface area contributed by atoms with Gasteiger partial charge in [-0.25, -0.2) is 0 Å². The maximum Gasteiger partial charge on any atom is 0.257 e. The van der Waals surface area contributed by atoms with Crippen molar-refractivity contribution in [3.05, 3.63) is 58.3 Å². The number of nitrogens with zero attached hydrogens (tertiary/aromatic N) is 1. The molecule has 86 valence electrons. The molecule has 0 spiro atoms. The second-order valence-corrected chi connectivity index (χ2v) is 4.52. The van der Waals surface area contributed by atoms with Crippen LogP contribution in [0.15, 0.2) is 47.1 Å². The predicted molar refractivity (Wildman–Crippen MR) is 71.1 cm³/mol. The summed E-state index contributed by atoms with van der Waals surface area (Å²) in [6, 6.07) is 11.1. The Morgan fingerprint density at radius 2 is 2.00 bits per heavy atom. The Hall–Kier alpha value is -1.68. The van der Waals surface area contributed by atoms with E-state index in [2.05, 4.69) is 26.2 Å². The van der Waals surface area contributed by atoms with Crippen LogP contribution < -0.4 is 5.32 Å². The van der Waals surface area contributed by atoms with Gasteiger partial charge in [0, 0.05) is 16.4 Å². The van der Waals surface area contributed by atoms with Gasteiger partial charge >= 0.3 is 0 Å². The fourth-order valence-electron chi connectivity index (χ4n) is 1.46. The quantitative estimate of drug-likeness (QED) is 0.921. The van der Waals surface area contributed by atoms with Crippen LogP contribution >= 0.6 is 15.9 Å². The van der Waals surface area contributed by atoms with Gasteiger partial charge in [0.2, 0.25) is 0 Å². The highest BCUT2D eigenvalue weighted by molar-refractivity contribution is 9.10. The number of anilines is 1. The van der Waals surface area contributed by atoms with Crippen LogP contribution in [0.2, 0.25) is 0 Å². The Bertz CT molecular complexity index is 540. The molecule has 0 aliphatic carbocycles. The van der Waals surface area contributed by atoms with Crippen molar-refractivity contribution in [2.75, 3.05) is 5.32 Å². The molecule has 0 atom stereocenters. The number of aryl methyl sites for hydroxylation is 1. The van der Waals surface area contributed by atoms with E-state index in [1.165, 1.54) is 0 Å². The molecule has 0 radical (unpaired) electrons. The molecule has 1 N–H and O–H groups in total. The fourth-order valence-corrected chi connectivity index (χ4v) is 1.79. The smallest absolute Gasteiger partial charge is 0.257 e. The maximum atomic E-state index is 12.0. The molecule has 0 bridgehead atoms. The highest BCUT2D eigenvalue weighted by Crippen LogP contribution is 2.15. The Kier molecular flexibility index (Phi) is 3.54. The minimum atomic E-state index is -0.150. The number of rotatable bonds is 2. The van der Waals surface area contributed by atoms with Crippen molar-refractivity contribution < 1.29 is 4.79 Å². The van der Waals surface area contributed by atoms with Gasteiger partial charge in [-0.15, -0.1) is 0 Å². The summed E-state index contributed by atoms with van der Waals surface area (Å²) < 4.78 is 0.793. The van der Waals surface area contributed by atoms with E-state index in [-0.39, 0.29) is 5.91 Å². The molecule has 17 heavy (non-hydrogen) atoms. The van der Waals surface area contributed by atoms with E-state index in [9.17, 15) is 4.79 Å². The van der Waals surface area contributed by atoms with Gasteiger partial charge in [-0.2, -0.15) is 0 Å². The number of carbonyl (C=O) groups is 1. The van der Waals surface area contributed by atoms with Crippen molar-refractivity contribution in [2.24, 2.45) is 0 Å². The average Bonchev–Trinajstić information content (AvgIpc) is 2.33. The van der Waals surface area contributed by atoms with Crippen LogP contribution in [0.5, 0.6) is 0 Å². The van der Waals surface area contributed by atoms with Gasteiger partial charge in [-0.3, -0.25) is 9.78 Å². The Morgan fingerprint density at radius 1 is 1.29 bits per heavy atom. The zero-order chi connectivity index (χ0) is 12.3. The highest BCUT2D eigenvalue weighted by Gasteiger charge is 2.10. The third-order valence-corrected chi connectivity index (χ3v) is 2.76. The average molecular weight is 291 g/mol. The van der Waals surface area contributed by atoms with Crippen molar-refractivity contribution in [2.45, 2.75) is 6.92 Å². The molecule has 4 heteroatoms. The lowest BCUT2D eigenvalue weighted by Gasteiger charge is -2.07. The lowest BCUT2D eigenvalue weighted by Crippen LogP contribution is -2.14. The largest absolute Gasteiger partial charge is 0.322 e. The van der Waals surface area contributed by atoms with Gasteiger partial charge in [0.25, 0.3) is 5.91 Å². The summed E-state index contributed by atoms with van der Waals surface area (Å²) in [6.07, 6.45) is 1.68. The van der Waals surface area contributed by atoms with E-state index in [1.807, 2.05) is 37.3 Å². The van der Waals surface area contributed by atoms with Crippen LogP contribution in [0, 0.1) is 6.92 Å². The molecule has 1 heterocycles. The van der Waals surface area contributed by atoms with Crippen molar-refractivity contribution in [3.8, 4) is 0 Å². The lowest BCUT2D eigenvalue weighted by molar-refractivity contribution is 0.102. The number of para-hydroxylation sites is 1. The van der Waals surface area contributed by atoms with Crippen LogP contribution in [0.1, 0.15) is 16.1 Å². The van der Waals surface area contributed by atoms with Crippen molar-refractivity contribution in [1.82, 2.24) is 4.98 Å². The molecule has 2 aromatic rings. The number of amides is 1. The number of halogens is 1. The third-order valence-electron chi connectivity index (χ3n) is 2.33. The van der Waals surface area contributed by atoms with Gasteiger partial charge in [-0.1, -0.05) is 18.2 Å². The van der Waals surface area contributed by atoms with Crippen LogP contribution in [0.3, 0.4) is 0 Å². The summed E-state index contributed by atoms with van der Waals surface area (Å²) in [6.45, 7) is 1.81. The highest BCUT2D eigenvalue weighted by atomic mass is 79.9. The van der Waals surface area contributed by atoms with Gasteiger partial charge in [0.05, 0.1) is 11.3 Å². The fraction of sp³-hybridized carbons (Fsp3) is 0.0769. The van der Waals surface area contributed by atoms with Crippen LogP contribution in [0.4, 0.5) is 5.69 Å². The molecule has 0 unspecified atom stereocenters. The summed E-state index contributed by atoms with van der Waals surface area (Å²) in [7, 11) is 0. The van der Waals surface area contributed by atoms with E-state index >= 15 is 0 Å². The number of nitrogens with one attached hydrogen (secondary N) is 1. The number of benzene rings is 1. The molecule has 0 saturated heterocycles. The van der Waals surface area contributed by atoms with Gasteiger partial charge in [-0.05, 0) is 41.1 Å². The SMILES string of the molecule is Cc1ncc(Br)cc1C(=O)Nc1ccccc1. The Balaban J connectivity index is 2.23. The minimum absolute atomic E-state index is 0.150. The van der Waals surface area contributed by atoms with Crippen LogP contribution in [0.25, 0.3) is 0 Å². The first-order chi connectivity index (χ1) is 8.16. The molecule has 0 aliphatic rings. The molecule has 0 aliphatic heterocycles. The normalized spacial score (nSPS) is 10.0. The van der Waals surface area contributed by atoms with E-state index < -0.39 is 0 Å². The zero-order valence-electron chi connectivity index (χ0n) is 9.27. The summed E-state index contributed by atoms with van der Waals surface area (Å²) in [5.74, 6) is -0.150. The minimum Gasteiger partial charge on any atom is -0.322 e. The number of hydrogen-bond donors (Lipinski definition) is 1. The summed E-state index contributed by atoms with van der Waals surface area (Å²) in [4.78, 5) is 16.1. The van der Waals surface area contributed by atoms with E-state index in [4.69, 9.17) is 0 Å². The second kappa shape index (κ2) is 5.10.